The van der Waals surface area contributed by atoms with Crippen LogP contribution in [0.15, 0.2) is 48.5 Å². The van der Waals surface area contributed by atoms with E-state index in [0.717, 1.165) is 0 Å². The van der Waals surface area contributed by atoms with Gasteiger partial charge in [-0.1, -0.05) is 12.1 Å². The van der Waals surface area contributed by atoms with E-state index in [-0.39, 0.29) is 5.91 Å². The predicted octanol–water partition coefficient (Wildman–Crippen LogP) is 2.89. The highest BCUT2D eigenvalue weighted by molar-refractivity contribution is 6.05. The van der Waals surface area contributed by atoms with E-state index in [1.54, 1.807) is 50.4 Å². The minimum atomic E-state index is -0.719. The summed E-state index contributed by atoms with van der Waals surface area (Å²) in [6, 6.07) is 13.6. The minimum Gasteiger partial charge on any atom is -0.495 e. The molecule has 0 radical (unpaired) electrons. The molecule has 0 aliphatic carbocycles. The van der Waals surface area contributed by atoms with Gasteiger partial charge in [0, 0.05) is 5.56 Å². The first-order valence-corrected chi connectivity index (χ1v) is 7.34. The number of amides is 1. The van der Waals surface area contributed by atoms with Gasteiger partial charge in [-0.15, -0.1) is 0 Å². The second-order valence-corrected chi connectivity index (χ2v) is 4.96. The number of hydrogen-bond acceptors (Lipinski definition) is 5. The number of hydrogen-bond donors (Lipinski definition) is 1. The molecule has 2 rings (SSSR count). The normalized spacial score (nSPS) is 11.3. The van der Waals surface area contributed by atoms with Gasteiger partial charge in [0.15, 0.2) is 6.10 Å². The van der Waals surface area contributed by atoms with Crippen LogP contribution in [0.4, 0.5) is 5.69 Å². The summed E-state index contributed by atoms with van der Waals surface area (Å²) >= 11 is 0. The lowest BCUT2D eigenvalue weighted by atomic mass is 10.2. The fourth-order valence-corrected chi connectivity index (χ4v) is 2.05. The topological polar surface area (TPSA) is 73.9 Å². The minimum absolute atomic E-state index is 0.271. The number of para-hydroxylation sites is 2. The number of carbonyl (C=O) groups is 2. The van der Waals surface area contributed by atoms with Gasteiger partial charge in [0.1, 0.15) is 11.5 Å². The fourth-order valence-electron chi connectivity index (χ4n) is 2.05. The molecule has 0 saturated carbocycles. The van der Waals surface area contributed by atoms with E-state index in [2.05, 4.69) is 10.1 Å². The lowest BCUT2D eigenvalue weighted by Gasteiger charge is -2.13. The monoisotopic (exact) mass is 329 g/mol. The van der Waals surface area contributed by atoms with Crippen LogP contribution in [0.5, 0.6) is 11.5 Å². The molecule has 6 heteroatoms. The molecule has 0 bridgehead atoms. The third kappa shape index (κ3) is 4.25. The van der Waals surface area contributed by atoms with Gasteiger partial charge >= 0.3 is 5.97 Å². The zero-order chi connectivity index (χ0) is 17.5. The summed E-state index contributed by atoms with van der Waals surface area (Å²) in [5, 5.41) is 2.79. The fraction of sp³-hybridized carbons (Fsp3) is 0.222. The second kappa shape index (κ2) is 8.01. The van der Waals surface area contributed by atoms with Crippen molar-refractivity contribution in [2.45, 2.75) is 13.0 Å². The number of benzene rings is 2. The molecule has 1 amide bonds. The summed E-state index contributed by atoms with van der Waals surface area (Å²) in [5.41, 5.74) is 1.05. The van der Waals surface area contributed by atoms with Crippen LogP contribution in [0.2, 0.25) is 0 Å². The summed E-state index contributed by atoms with van der Waals surface area (Å²) < 4.78 is 15.2. The predicted molar refractivity (Wildman–Crippen MR) is 89.5 cm³/mol. The molecular formula is C18H19NO5. The first-order chi connectivity index (χ1) is 11.5. The van der Waals surface area contributed by atoms with Crippen molar-refractivity contribution in [1.29, 1.82) is 0 Å². The molecule has 2 aromatic carbocycles. The SMILES string of the molecule is COC(=O)[C@@H](C)Oc1ccc(C(=O)Nc2ccccc2OC)cc1. The van der Waals surface area contributed by atoms with Crippen molar-refractivity contribution in [1.82, 2.24) is 0 Å². The summed E-state index contributed by atoms with van der Waals surface area (Å²) in [5.74, 6) is 0.319. The Labute approximate surface area is 140 Å². The number of ether oxygens (including phenoxy) is 3. The van der Waals surface area contributed by atoms with Gasteiger partial charge in [0.2, 0.25) is 0 Å². The summed E-state index contributed by atoms with van der Waals surface area (Å²) in [6.07, 6.45) is -0.719. The summed E-state index contributed by atoms with van der Waals surface area (Å²) in [7, 11) is 2.84. The Hall–Kier alpha value is -3.02. The molecular weight excluding hydrogens is 310 g/mol. The zero-order valence-corrected chi connectivity index (χ0v) is 13.7. The number of methoxy groups -OCH3 is 2. The highest BCUT2D eigenvalue weighted by Gasteiger charge is 2.15. The Morgan fingerprint density at radius 2 is 1.67 bits per heavy atom. The van der Waals surface area contributed by atoms with Gasteiger partial charge < -0.3 is 19.5 Å². The van der Waals surface area contributed by atoms with Crippen molar-refractivity contribution in [3.63, 3.8) is 0 Å². The molecule has 0 aromatic heterocycles. The van der Waals surface area contributed by atoms with Crippen molar-refractivity contribution >= 4 is 17.6 Å². The van der Waals surface area contributed by atoms with E-state index in [9.17, 15) is 9.59 Å². The molecule has 1 N–H and O–H groups in total. The third-order valence-corrected chi connectivity index (χ3v) is 3.32. The van der Waals surface area contributed by atoms with Gasteiger partial charge in [-0.05, 0) is 43.3 Å². The average Bonchev–Trinajstić information content (AvgIpc) is 2.61. The maximum atomic E-state index is 12.3. The number of rotatable bonds is 6. The van der Waals surface area contributed by atoms with Gasteiger partial charge in [-0.2, -0.15) is 0 Å². The maximum absolute atomic E-state index is 12.3. The van der Waals surface area contributed by atoms with Crippen molar-refractivity contribution in [3.8, 4) is 11.5 Å². The quantitative estimate of drug-likeness (QED) is 0.825. The molecule has 0 saturated heterocycles. The van der Waals surface area contributed by atoms with Crippen molar-refractivity contribution in [3.05, 3.63) is 54.1 Å². The Bertz CT molecular complexity index is 712. The van der Waals surface area contributed by atoms with Crippen LogP contribution in [-0.4, -0.2) is 32.2 Å². The largest absolute Gasteiger partial charge is 0.495 e. The number of carbonyl (C=O) groups excluding carboxylic acids is 2. The van der Waals surface area contributed by atoms with Crippen LogP contribution in [0.1, 0.15) is 17.3 Å². The van der Waals surface area contributed by atoms with E-state index >= 15 is 0 Å². The number of nitrogens with one attached hydrogen (secondary N) is 1. The average molecular weight is 329 g/mol. The van der Waals surface area contributed by atoms with Crippen molar-refractivity contribution in [2.24, 2.45) is 0 Å². The van der Waals surface area contributed by atoms with E-state index in [4.69, 9.17) is 9.47 Å². The molecule has 2 aromatic rings. The summed E-state index contributed by atoms with van der Waals surface area (Å²) in [4.78, 5) is 23.6. The van der Waals surface area contributed by atoms with E-state index in [1.807, 2.05) is 12.1 Å². The lowest BCUT2D eigenvalue weighted by Crippen LogP contribution is -2.24. The molecule has 6 nitrogen and oxygen atoms in total. The van der Waals surface area contributed by atoms with Gasteiger partial charge in [-0.25, -0.2) is 4.79 Å². The highest BCUT2D eigenvalue weighted by Crippen LogP contribution is 2.24. The molecule has 0 aliphatic rings. The van der Waals surface area contributed by atoms with Gasteiger partial charge in [0.05, 0.1) is 19.9 Å². The molecule has 24 heavy (non-hydrogen) atoms. The van der Waals surface area contributed by atoms with Crippen LogP contribution in [0.3, 0.4) is 0 Å². The first-order valence-electron chi connectivity index (χ1n) is 7.34. The van der Waals surface area contributed by atoms with Crippen molar-refractivity contribution < 1.29 is 23.8 Å². The van der Waals surface area contributed by atoms with Crippen LogP contribution < -0.4 is 14.8 Å². The number of anilines is 1. The van der Waals surface area contributed by atoms with Crippen molar-refractivity contribution in [2.75, 3.05) is 19.5 Å². The molecule has 1 atom stereocenters. The Morgan fingerprint density at radius 1 is 1.00 bits per heavy atom. The molecule has 0 fully saturated rings. The van der Waals surface area contributed by atoms with Gasteiger partial charge in [0.25, 0.3) is 5.91 Å². The summed E-state index contributed by atoms with van der Waals surface area (Å²) in [6.45, 7) is 1.59. The smallest absolute Gasteiger partial charge is 0.346 e. The Balaban J connectivity index is 2.05. The third-order valence-electron chi connectivity index (χ3n) is 3.32. The van der Waals surface area contributed by atoms with Crippen LogP contribution in [0, 0.1) is 0 Å². The molecule has 0 aliphatic heterocycles. The highest BCUT2D eigenvalue weighted by atomic mass is 16.6. The lowest BCUT2D eigenvalue weighted by molar-refractivity contribution is -0.147. The Morgan fingerprint density at radius 3 is 2.29 bits per heavy atom. The second-order valence-electron chi connectivity index (χ2n) is 4.96. The maximum Gasteiger partial charge on any atom is 0.346 e. The van der Waals surface area contributed by atoms with Crippen LogP contribution in [-0.2, 0) is 9.53 Å². The molecule has 0 spiro atoms. The van der Waals surface area contributed by atoms with E-state index in [0.29, 0.717) is 22.7 Å². The standard InChI is InChI=1S/C18H19NO5/c1-12(18(21)23-3)24-14-10-8-13(9-11-14)17(20)19-15-6-4-5-7-16(15)22-2/h4-12H,1-3H3,(H,19,20)/t12-/m1/s1. The molecule has 126 valence electrons. The zero-order valence-electron chi connectivity index (χ0n) is 13.7. The molecule has 0 unspecified atom stereocenters. The van der Waals surface area contributed by atoms with Crippen LogP contribution >= 0.6 is 0 Å². The molecule has 0 heterocycles. The van der Waals surface area contributed by atoms with E-state index in [1.165, 1.54) is 7.11 Å². The van der Waals surface area contributed by atoms with Gasteiger partial charge in [-0.3, -0.25) is 4.79 Å². The first kappa shape index (κ1) is 17.3. The van der Waals surface area contributed by atoms with E-state index < -0.39 is 12.1 Å². The number of esters is 1. The van der Waals surface area contributed by atoms with Crippen LogP contribution in [0.25, 0.3) is 0 Å². The Kier molecular flexibility index (Phi) is 5.78.